The first-order chi connectivity index (χ1) is 6.95. The summed E-state index contributed by atoms with van der Waals surface area (Å²) in [6.45, 7) is 4.60. The molecule has 1 saturated heterocycles. The molecule has 0 spiro atoms. The van der Waals surface area contributed by atoms with Gasteiger partial charge in [0.2, 0.25) is 0 Å². The standard InChI is InChI=1S/C12H16N2.2ClH/c1-2-7-14(6-1)12-5-3-4-10-8-13-9-11(10)12;;/h3-5,13H,1-2,6-9H2;2*1H. The van der Waals surface area contributed by atoms with Gasteiger partial charge in [0.05, 0.1) is 0 Å². The smallest absolute Gasteiger partial charge is 0.0415 e. The molecule has 2 aliphatic heterocycles. The average molecular weight is 261 g/mol. The van der Waals surface area contributed by atoms with Gasteiger partial charge < -0.3 is 10.2 Å². The number of fused-ring (bicyclic) bond motifs is 1. The number of hydrogen-bond donors (Lipinski definition) is 1. The van der Waals surface area contributed by atoms with Gasteiger partial charge in [-0.05, 0) is 30.0 Å². The van der Waals surface area contributed by atoms with E-state index in [1.807, 2.05) is 0 Å². The maximum absolute atomic E-state index is 3.42. The highest BCUT2D eigenvalue weighted by atomic mass is 35.5. The van der Waals surface area contributed by atoms with Crippen molar-refractivity contribution in [2.24, 2.45) is 0 Å². The van der Waals surface area contributed by atoms with Gasteiger partial charge in [-0.1, -0.05) is 12.1 Å². The third kappa shape index (κ3) is 2.29. The van der Waals surface area contributed by atoms with E-state index in [-0.39, 0.29) is 24.8 Å². The third-order valence-corrected chi connectivity index (χ3v) is 3.31. The predicted molar refractivity (Wildman–Crippen MR) is 72.9 cm³/mol. The quantitative estimate of drug-likeness (QED) is 0.836. The molecule has 1 fully saturated rings. The highest BCUT2D eigenvalue weighted by molar-refractivity contribution is 5.85. The molecule has 0 atom stereocenters. The van der Waals surface area contributed by atoms with Crippen molar-refractivity contribution in [1.29, 1.82) is 0 Å². The van der Waals surface area contributed by atoms with E-state index in [1.54, 1.807) is 0 Å². The molecule has 16 heavy (non-hydrogen) atoms. The molecular weight excluding hydrogens is 243 g/mol. The number of anilines is 1. The van der Waals surface area contributed by atoms with E-state index in [0.717, 1.165) is 13.1 Å². The van der Waals surface area contributed by atoms with Gasteiger partial charge >= 0.3 is 0 Å². The van der Waals surface area contributed by atoms with Crippen LogP contribution in [-0.2, 0) is 13.1 Å². The highest BCUT2D eigenvalue weighted by Gasteiger charge is 2.19. The molecule has 2 nitrogen and oxygen atoms in total. The van der Waals surface area contributed by atoms with Crippen molar-refractivity contribution in [2.45, 2.75) is 25.9 Å². The van der Waals surface area contributed by atoms with Crippen LogP contribution in [0.4, 0.5) is 5.69 Å². The Kier molecular flexibility index (Phi) is 4.90. The lowest BCUT2D eigenvalue weighted by molar-refractivity contribution is 0.763. The molecular formula is C12H18Cl2N2. The van der Waals surface area contributed by atoms with Crippen LogP contribution in [0.2, 0.25) is 0 Å². The second kappa shape index (κ2) is 5.76. The minimum absolute atomic E-state index is 0. The fourth-order valence-electron chi connectivity index (χ4n) is 2.57. The van der Waals surface area contributed by atoms with Gasteiger partial charge in [0.1, 0.15) is 0 Å². The summed E-state index contributed by atoms with van der Waals surface area (Å²) in [6.07, 6.45) is 2.72. The summed E-state index contributed by atoms with van der Waals surface area (Å²) in [7, 11) is 0. The summed E-state index contributed by atoms with van der Waals surface area (Å²) >= 11 is 0. The van der Waals surface area contributed by atoms with Crippen molar-refractivity contribution in [3.8, 4) is 0 Å². The van der Waals surface area contributed by atoms with Crippen molar-refractivity contribution in [1.82, 2.24) is 5.32 Å². The van der Waals surface area contributed by atoms with Gasteiger partial charge in [0, 0.05) is 31.9 Å². The van der Waals surface area contributed by atoms with Crippen LogP contribution in [0, 0.1) is 0 Å². The van der Waals surface area contributed by atoms with Crippen LogP contribution >= 0.6 is 24.8 Å². The monoisotopic (exact) mass is 260 g/mol. The molecule has 2 aliphatic rings. The molecule has 1 aromatic rings. The molecule has 0 amide bonds. The summed E-state index contributed by atoms with van der Waals surface area (Å²) in [6, 6.07) is 6.71. The Hall–Kier alpha value is -0.440. The Balaban J connectivity index is 0.000000640. The van der Waals surface area contributed by atoms with E-state index in [0.29, 0.717) is 0 Å². The number of rotatable bonds is 1. The first-order valence-corrected chi connectivity index (χ1v) is 5.51. The fourth-order valence-corrected chi connectivity index (χ4v) is 2.57. The molecule has 4 heteroatoms. The zero-order valence-corrected chi connectivity index (χ0v) is 10.9. The van der Waals surface area contributed by atoms with Gasteiger partial charge in [0.25, 0.3) is 0 Å². The summed E-state index contributed by atoms with van der Waals surface area (Å²) in [4.78, 5) is 2.53. The summed E-state index contributed by atoms with van der Waals surface area (Å²) in [5, 5.41) is 3.42. The average Bonchev–Trinajstić information content (AvgIpc) is 2.88. The molecule has 0 unspecified atom stereocenters. The minimum atomic E-state index is 0. The molecule has 90 valence electrons. The zero-order chi connectivity index (χ0) is 9.38. The first kappa shape index (κ1) is 13.6. The maximum Gasteiger partial charge on any atom is 0.0415 e. The molecule has 0 radical (unpaired) electrons. The second-order valence-electron chi connectivity index (χ2n) is 4.21. The molecule has 0 aromatic heterocycles. The minimum Gasteiger partial charge on any atom is -0.371 e. The molecule has 2 heterocycles. The molecule has 0 bridgehead atoms. The van der Waals surface area contributed by atoms with Gasteiger partial charge in [-0.15, -0.1) is 24.8 Å². The first-order valence-electron chi connectivity index (χ1n) is 5.51. The van der Waals surface area contributed by atoms with Crippen molar-refractivity contribution in [3.05, 3.63) is 29.3 Å². The highest BCUT2D eigenvalue weighted by Crippen LogP contribution is 2.29. The van der Waals surface area contributed by atoms with Gasteiger partial charge in [-0.25, -0.2) is 0 Å². The topological polar surface area (TPSA) is 15.3 Å². The Morgan fingerprint density at radius 2 is 1.75 bits per heavy atom. The predicted octanol–water partition coefficient (Wildman–Crippen LogP) is 2.73. The normalized spacial score (nSPS) is 17.6. The largest absolute Gasteiger partial charge is 0.371 e. The van der Waals surface area contributed by atoms with Gasteiger partial charge in [0.15, 0.2) is 0 Å². The van der Waals surface area contributed by atoms with Crippen LogP contribution in [0.25, 0.3) is 0 Å². The lowest BCUT2D eigenvalue weighted by Crippen LogP contribution is -2.19. The maximum atomic E-state index is 3.42. The lowest BCUT2D eigenvalue weighted by Gasteiger charge is -2.20. The Morgan fingerprint density at radius 3 is 2.50 bits per heavy atom. The fraction of sp³-hybridized carbons (Fsp3) is 0.500. The Morgan fingerprint density at radius 1 is 1.00 bits per heavy atom. The van der Waals surface area contributed by atoms with E-state index in [1.165, 1.54) is 42.7 Å². The molecule has 0 aliphatic carbocycles. The van der Waals surface area contributed by atoms with E-state index >= 15 is 0 Å². The van der Waals surface area contributed by atoms with E-state index < -0.39 is 0 Å². The number of nitrogens with one attached hydrogen (secondary N) is 1. The van der Waals surface area contributed by atoms with Crippen LogP contribution in [0.5, 0.6) is 0 Å². The van der Waals surface area contributed by atoms with Crippen LogP contribution in [0.1, 0.15) is 24.0 Å². The van der Waals surface area contributed by atoms with Gasteiger partial charge in [-0.3, -0.25) is 0 Å². The van der Waals surface area contributed by atoms with E-state index in [4.69, 9.17) is 0 Å². The summed E-state index contributed by atoms with van der Waals surface area (Å²) < 4.78 is 0. The second-order valence-corrected chi connectivity index (χ2v) is 4.21. The number of nitrogens with zero attached hydrogens (tertiary/aromatic N) is 1. The van der Waals surface area contributed by atoms with Crippen molar-refractivity contribution in [2.75, 3.05) is 18.0 Å². The zero-order valence-electron chi connectivity index (χ0n) is 9.24. The summed E-state index contributed by atoms with van der Waals surface area (Å²) in [5.74, 6) is 0. The Bertz CT molecular complexity index is 349. The number of benzene rings is 1. The van der Waals surface area contributed by atoms with E-state index in [9.17, 15) is 0 Å². The summed E-state index contributed by atoms with van der Waals surface area (Å²) in [5.41, 5.74) is 4.51. The molecule has 0 saturated carbocycles. The SMILES string of the molecule is Cl.Cl.c1cc2c(c(N3CCCC3)c1)CNC2. The van der Waals surface area contributed by atoms with Crippen LogP contribution in [0.15, 0.2) is 18.2 Å². The van der Waals surface area contributed by atoms with Crippen molar-refractivity contribution in [3.63, 3.8) is 0 Å². The number of halogens is 2. The van der Waals surface area contributed by atoms with Crippen LogP contribution in [-0.4, -0.2) is 13.1 Å². The van der Waals surface area contributed by atoms with E-state index in [2.05, 4.69) is 28.4 Å². The lowest BCUT2D eigenvalue weighted by atomic mass is 10.1. The molecule has 1 N–H and O–H groups in total. The van der Waals surface area contributed by atoms with Gasteiger partial charge in [-0.2, -0.15) is 0 Å². The van der Waals surface area contributed by atoms with Crippen molar-refractivity contribution >= 4 is 30.5 Å². The number of hydrogen-bond acceptors (Lipinski definition) is 2. The molecule has 3 rings (SSSR count). The van der Waals surface area contributed by atoms with Crippen molar-refractivity contribution < 1.29 is 0 Å². The van der Waals surface area contributed by atoms with Crippen LogP contribution in [0.3, 0.4) is 0 Å². The Labute approximate surface area is 109 Å². The molecule has 1 aromatic carbocycles. The van der Waals surface area contributed by atoms with Crippen LogP contribution < -0.4 is 10.2 Å². The third-order valence-electron chi connectivity index (χ3n) is 3.31.